The number of hydrogen-bond donors (Lipinski definition) is 3. The molecule has 0 unspecified atom stereocenters. The highest BCUT2D eigenvalue weighted by atomic mass is 32.2. The van der Waals surface area contributed by atoms with Gasteiger partial charge in [0, 0.05) is 23.1 Å². The maximum atomic E-state index is 12.9. The Morgan fingerprint density at radius 1 is 1.19 bits per heavy atom. The molecule has 3 aromatic rings. The number of nitrogens with zero attached hydrogens (tertiary/aromatic N) is 2. The summed E-state index contributed by atoms with van der Waals surface area (Å²) in [4.78, 5) is 21.4. The summed E-state index contributed by atoms with van der Waals surface area (Å²) >= 11 is 6.93. The van der Waals surface area contributed by atoms with Gasteiger partial charge < -0.3 is 10.2 Å². The van der Waals surface area contributed by atoms with Crippen molar-refractivity contribution in [3.8, 4) is 11.6 Å². The van der Waals surface area contributed by atoms with E-state index in [0.29, 0.717) is 18.7 Å². The van der Waals surface area contributed by atoms with Crippen molar-refractivity contribution in [1.29, 1.82) is 0 Å². The Kier molecular flexibility index (Phi) is 6.29. The lowest BCUT2D eigenvalue weighted by atomic mass is 10.0. The molecule has 2 aromatic carbocycles. The fourth-order valence-electron chi connectivity index (χ4n) is 3.59. The molecule has 1 aromatic heterocycles. The normalized spacial score (nSPS) is 15.8. The molecule has 1 aliphatic rings. The van der Waals surface area contributed by atoms with Crippen LogP contribution in [-0.4, -0.2) is 25.5 Å². The molecule has 2 heterocycles. The van der Waals surface area contributed by atoms with Gasteiger partial charge in [0.25, 0.3) is 5.56 Å². The number of fused-ring (bicyclic) bond motifs is 1. The Bertz CT molecular complexity index is 1250. The van der Waals surface area contributed by atoms with Gasteiger partial charge >= 0.3 is 0 Å². The maximum absolute atomic E-state index is 12.9. The molecular weight excluding hydrogens is 430 g/mol. The largest absolute Gasteiger partial charge is 0.508 e. The summed E-state index contributed by atoms with van der Waals surface area (Å²) in [5, 5.41) is 20.6. The van der Waals surface area contributed by atoms with Crippen molar-refractivity contribution in [3.05, 3.63) is 74.8 Å². The number of benzene rings is 2. The van der Waals surface area contributed by atoms with Crippen LogP contribution in [0, 0.1) is 4.77 Å². The highest BCUT2D eigenvalue weighted by molar-refractivity contribution is 7.99. The lowest BCUT2D eigenvalue weighted by molar-refractivity contribution is 0.398. The first-order chi connectivity index (χ1) is 15.0. The van der Waals surface area contributed by atoms with Crippen LogP contribution in [0.2, 0.25) is 0 Å². The van der Waals surface area contributed by atoms with Gasteiger partial charge in [-0.25, -0.2) is 0 Å². The first-order valence-electron chi connectivity index (χ1n) is 10.2. The van der Waals surface area contributed by atoms with Crippen LogP contribution in [0.15, 0.2) is 63.2 Å². The highest BCUT2D eigenvalue weighted by Gasteiger charge is 2.26. The molecule has 8 heteroatoms. The molecule has 0 aliphatic carbocycles. The SMILES string of the molecule is CCCCn1c(O)c(C2=Nc3ccccc3S[C@H](c3ccc(O)cc3)C2)c(=O)[nH]c1=S. The number of unbranched alkanes of at least 4 members (excludes halogenated alkanes) is 1. The number of phenols is 1. The minimum absolute atomic E-state index is 0.0472. The molecule has 0 radical (unpaired) electrons. The van der Waals surface area contributed by atoms with Gasteiger partial charge in [-0.3, -0.25) is 19.3 Å². The van der Waals surface area contributed by atoms with Gasteiger partial charge in [-0.15, -0.1) is 11.8 Å². The fraction of sp³-hybridized carbons (Fsp3) is 0.261. The molecule has 0 saturated heterocycles. The lowest BCUT2D eigenvalue weighted by Gasteiger charge is -2.17. The molecule has 0 amide bonds. The average molecular weight is 454 g/mol. The van der Waals surface area contributed by atoms with Gasteiger partial charge in [-0.05, 0) is 48.5 Å². The molecule has 0 saturated carbocycles. The van der Waals surface area contributed by atoms with Crippen molar-refractivity contribution in [2.75, 3.05) is 0 Å². The number of phenolic OH excluding ortho intramolecular Hbond substituents is 1. The Morgan fingerprint density at radius 3 is 2.68 bits per heavy atom. The molecule has 160 valence electrons. The second kappa shape index (κ2) is 9.11. The number of aromatic hydroxyl groups is 2. The van der Waals surface area contributed by atoms with Gasteiger partial charge in [0.15, 0.2) is 4.77 Å². The molecule has 1 aliphatic heterocycles. The summed E-state index contributed by atoms with van der Waals surface area (Å²) in [6.45, 7) is 2.57. The number of aromatic nitrogens is 2. The van der Waals surface area contributed by atoms with E-state index >= 15 is 0 Å². The van der Waals surface area contributed by atoms with Gasteiger partial charge in [-0.2, -0.15) is 0 Å². The third kappa shape index (κ3) is 4.45. The predicted octanol–water partition coefficient (Wildman–Crippen LogP) is 5.48. The van der Waals surface area contributed by atoms with E-state index in [1.54, 1.807) is 28.5 Å². The van der Waals surface area contributed by atoms with Crippen molar-refractivity contribution in [1.82, 2.24) is 9.55 Å². The molecule has 31 heavy (non-hydrogen) atoms. The van der Waals surface area contributed by atoms with E-state index in [1.165, 1.54) is 0 Å². The number of aliphatic imine (C=N–C) groups is 1. The number of hydrogen-bond acceptors (Lipinski definition) is 6. The zero-order valence-corrected chi connectivity index (χ0v) is 18.7. The number of para-hydroxylation sites is 1. The second-order valence-corrected chi connectivity index (χ2v) is 9.02. The summed E-state index contributed by atoms with van der Waals surface area (Å²) in [6.07, 6.45) is 2.20. The highest BCUT2D eigenvalue weighted by Crippen LogP contribution is 2.45. The van der Waals surface area contributed by atoms with E-state index in [2.05, 4.69) is 11.9 Å². The third-order valence-electron chi connectivity index (χ3n) is 5.23. The monoisotopic (exact) mass is 453 g/mol. The minimum atomic E-state index is -0.442. The van der Waals surface area contributed by atoms with Crippen molar-refractivity contribution < 1.29 is 10.2 Å². The van der Waals surface area contributed by atoms with Crippen LogP contribution >= 0.6 is 24.0 Å². The summed E-state index contributed by atoms with van der Waals surface area (Å²) < 4.78 is 1.77. The molecule has 1 atom stereocenters. The topological polar surface area (TPSA) is 90.6 Å². The first-order valence-corrected chi connectivity index (χ1v) is 11.5. The maximum Gasteiger partial charge on any atom is 0.264 e. The quantitative estimate of drug-likeness (QED) is 0.445. The summed E-state index contributed by atoms with van der Waals surface area (Å²) in [6, 6.07) is 14.8. The van der Waals surface area contributed by atoms with Crippen molar-refractivity contribution in [3.63, 3.8) is 0 Å². The Labute approximate surface area is 189 Å². The van der Waals surface area contributed by atoms with Crippen molar-refractivity contribution in [2.45, 2.75) is 42.9 Å². The number of thioether (sulfide) groups is 1. The Balaban J connectivity index is 1.87. The third-order valence-corrected chi connectivity index (χ3v) is 6.87. The molecule has 0 spiro atoms. The summed E-state index contributed by atoms with van der Waals surface area (Å²) in [7, 11) is 0. The predicted molar refractivity (Wildman–Crippen MR) is 126 cm³/mol. The van der Waals surface area contributed by atoms with Crippen molar-refractivity contribution in [2.24, 2.45) is 4.99 Å². The van der Waals surface area contributed by atoms with Crippen molar-refractivity contribution >= 4 is 35.4 Å². The summed E-state index contributed by atoms with van der Waals surface area (Å²) in [5.74, 6) is 0.0542. The van der Waals surface area contributed by atoms with Crippen LogP contribution in [0.25, 0.3) is 0 Å². The molecule has 6 nitrogen and oxygen atoms in total. The number of nitrogens with one attached hydrogen (secondary N) is 1. The van der Waals surface area contributed by atoms with Crippen LogP contribution in [-0.2, 0) is 6.54 Å². The molecular formula is C23H23N3O3S2. The number of H-pyrrole nitrogens is 1. The molecule has 0 bridgehead atoms. The standard InChI is InChI=1S/C23H23N3O3S2/c1-2-3-12-26-22(29)20(21(28)25-23(26)30)17-13-19(14-8-10-15(27)11-9-14)31-18-7-5-4-6-16(18)24-17/h4-11,19,27,29H,2-3,12-13H2,1H3,(H,25,28,30)/t19-/m0/s1. The van der Waals surface area contributed by atoms with E-state index in [4.69, 9.17) is 17.2 Å². The van der Waals surface area contributed by atoms with E-state index in [1.807, 2.05) is 36.4 Å². The van der Waals surface area contributed by atoms with E-state index in [9.17, 15) is 15.0 Å². The number of rotatable bonds is 5. The van der Waals surface area contributed by atoms with Crippen LogP contribution in [0.5, 0.6) is 11.6 Å². The molecule has 4 rings (SSSR count). The van der Waals surface area contributed by atoms with Gasteiger partial charge in [0.05, 0.1) is 11.4 Å². The zero-order valence-electron chi connectivity index (χ0n) is 17.0. The number of aromatic amines is 1. The second-order valence-electron chi connectivity index (χ2n) is 7.39. The van der Waals surface area contributed by atoms with Gasteiger partial charge in [0.2, 0.25) is 5.88 Å². The van der Waals surface area contributed by atoms with E-state index in [-0.39, 0.29) is 27.2 Å². The van der Waals surface area contributed by atoms with Gasteiger partial charge in [-0.1, -0.05) is 37.6 Å². The van der Waals surface area contributed by atoms with Crippen LogP contribution < -0.4 is 5.56 Å². The molecule has 0 fully saturated rings. The van der Waals surface area contributed by atoms with Gasteiger partial charge in [0.1, 0.15) is 11.3 Å². The zero-order chi connectivity index (χ0) is 22.0. The fourth-order valence-corrected chi connectivity index (χ4v) is 5.09. The Hall–Kier alpha value is -2.84. The molecule has 3 N–H and O–H groups in total. The summed E-state index contributed by atoms with van der Waals surface area (Å²) in [5.41, 5.74) is 1.98. The lowest BCUT2D eigenvalue weighted by Crippen LogP contribution is -2.24. The van der Waals surface area contributed by atoms with E-state index in [0.717, 1.165) is 29.0 Å². The van der Waals surface area contributed by atoms with Crippen LogP contribution in [0.4, 0.5) is 5.69 Å². The first kappa shape index (κ1) is 21.4. The minimum Gasteiger partial charge on any atom is -0.508 e. The van der Waals surface area contributed by atoms with E-state index < -0.39 is 5.56 Å². The Morgan fingerprint density at radius 2 is 1.94 bits per heavy atom. The van der Waals surface area contributed by atoms with Crippen LogP contribution in [0.3, 0.4) is 0 Å². The van der Waals surface area contributed by atoms with Crippen LogP contribution in [0.1, 0.15) is 42.6 Å². The average Bonchev–Trinajstić information content (AvgIpc) is 2.93. The smallest absolute Gasteiger partial charge is 0.264 e.